The van der Waals surface area contributed by atoms with Crippen molar-refractivity contribution in [2.45, 2.75) is 6.54 Å². The molecule has 2 aromatic heterocycles. The molecule has 9 heteroatoms. The second-order valence-electron chi connectivity index (χ2n) is 4.44. The van der Waals surface area contributed by atoms with Gasteiger partial charge >= 0.3 is 0 Å². The Morgan fingerprint density at radius 1 is 1.27 bits per heavy atom. The molecule has 3 rings (SSSR count). The van der Waals surface area contributed by atoms with Gasteiger partial charge in [0.1, 0.15) is 0 Å². The maximum Gasteiger partial charge on any atom is 0.269 e. The van der Waals surface area contributed by atoms with E-state index in [0.717, 1.165) is 11.1 Å². The highest BCUT2D eigenvalue weighted by atomic mass is 16.1. The minimum absolute atomic E-state index is 0.0740. The fourth-order valence-corrected chi connectivity index (χ4v) is 2.00. The molecule has 0 radical (unpaired) electrons. The fourth-order valence-electron chi connectivity index (χ4n) is 2.00. The molecule has 0 fully saturated rings. The van der Waals surface area contributed by atoms with Gasteiger partial charge < -0.3 is 11.5 Å². The first-order chi connectivity index (χ1) is 10.7. The third-order valence-corrected chi connectivity index (χ3v) is 3.04. The standard InChI is InChI=1S/C13H12N8O/c14-5-9-11(12(15)22)17-10(6-16-9)7-2-1-3-8(4-7)13-18-20-21-19-13/h1-4,6H,5,14H2,(H2,15,22)(H,18,19,20,21). The number of nitrogens with one attached hydrogen (secondary N) is 1. The number of rotatable bonds is 4. The van der Waals surface area contributed by atoms with Gasteiger partial charge in [0, 0.05) is 17.7 Å². The molecule has 0 aliphatic rings. The summed E-state index contributed by atoms with van der Waals surface area (Å²) in [6.07, 6.45) is 1.55. The molecule has 3 aromatic rings. The third kappa shape index (κ3) is 2.52. The lowest BCUT2D eigenvalue weighted by Gasteiger charge is -2.07. The number of tetrazole rings is 1. The van der Waals surface area contributed by atoms with E-state index in [4.69, 9.17) is 11.5 Å². The second-order valence-corrected chi connectivity index (χ2v) is 4.44. The molecule has 0 atom stereocenters. The van der Waals surface area contributed by atoms with E-state index >= 15 is 0 Å². The molecule has 2 heterocycles. The van der Waals surface area contributed by atoms with Crippen LogP contribution in [0.5, 0.6) is 0 Å². The third-order valence-electron chi connectivity index (χ3n) is 3.04. The molecule has 0 unspecified atom stereocenters. The highest BCUT2D eigenvalue weighted by Crippen LogP contribution is 2.22. The smallest absolute Gasteiger partial charge is 0.269 e. The van der Waals surface area contributed by atoms with Gasteiger partial charge in [-0.25, -0.2) is 4.98 Å². The van der Waals surface area contributed by atoms with Crippen LogP contribution in [0.4, 0.5) is 0 Å². The molecule has 0 saturated carbocycles. The second kappa shape index (κ2) is 5.66. The maximum absolute atomic E-state index is 11.4. The van der Waals surface area contributed by atoms with Crippen molar-refractivity contribution in [3.8, 4) is 22.6 Å². The van der Waals surface area contributed by atoms with E-state index in [1.54, 1.807) is 6.20 Å². The molecular weight excluding hydrogens is 284 g/mol. The van der Waals surface area contributed by atoms with Gasteiger partial charge in [0.05, 0.1) is 17.6 Å². The van der Waals surface area contributed by atoms with Crippen LogP contribution in [-0.4, -0.2) is 36.5 Å². The van der Waals surface area contributed by atoms with Crippen LogP contribution in [0.25, 0.3) is 22.6 Å². The first-order valence-corrected chi connectivity index (χ1v) is 6.39. The zero-order valence-electron chi connectivity index (χ0n) is 11.4. The Labute approximate surface area is 124 Å². The molecule has 110 valence electrons. The number of aromatic nitrogens is 6. The summed E-state index contributed by atoms with van der Waals surface area (Å²) in [6.45, 7) is 0.0917. The van der Waals surface area contributed by atoms with Gasteiger partial charge in [0.25, 0.3) is 5.91 Å². The van der Waals surface area contributed by atoms with E-state index < -0.39 is 5.91 Å². The number of nitrogens with two attached hydrogens (primary N) is 2. The first kappa shape index (κ1) is 13.8. The zero-order chi connectivity index (χ0) is 15.5. The summed E-state index contributed by atoms with van der Waals surface area (Å²) in [7, 11) is 0. The number of benzene rings is 1. The molecular formula is C13H12N8O. The lowest BCUT2D eigenvalue weighted by atomic mass is 10.1. The van der Waals surface area contributed by atoms with Gasteiger partial charge in [0.15, 0.2) is 5.69 Å². The van der Waals surface area contributed by atoms with Crippen molar-refractivity contribution in [1.82, 2.24) is 30.6 Å². The van der Waals surface area contributed by atoms with Gasteiger partial charge in [-0.1, -0.05) is 18.2 Å². The van der Waals surface area contributed by atoms with Crippen LogP contribution in [0.2, 0.25) is 0 Å². The summed E-state index contributed by atoms with van der Waals surface area (Å²) in [5.41, 5.74) is 13.3. The molecule has 22 heavy (non-hydrogen) atoms. The molecule has 0 spiro atoms. The molecule has 5 N–H and O–H groups in total. The van der Waals surface area contributed by atoms with E-state index in [2.05, 4.69) is 30.6 Å². The van der Waals surface area contributed by atoms with Crippen molar-refractivity contribution >= 4 is 5.91 Å². The Bertz CT molecular complexity index is 815. The number of primary amides is 1. The van der Waals surface area contributed by atoms with E-state index in [1.807, 2.05) is 24.3 Å². The molecule has 0 saturated heterocycles. The number of carbonyl (C=O) groups is 1. The summed E-state index contributed by atoms with van der Waals surface area (Å²) in [5.74, 6) is -0.201. The van der Waals surface area contributed by atoms with Crippen molar-refractivity contribution in [2.24, 2.45) is 11.5 Å². The van der Waals surface area contributed by atoms with Gasteiger partial charge in [0.2, 0.25) is 5.82 Å². The van der Waals surface area contributed by atoms with Gasteiger partial charge in [-0.15, -0.1) is 10.2 Å². The van der Waals surface area contributed by atoms with Crippen molar-refractivity contribution < 1.29 is 4.79 Å². The Morgan fingerprint density at radius 3 is 2.77 bits per heavy atom. The normalized spacial score (nSPS) is 10.6. The number of aromatic amines is 1. The average molecular weight is 296 g/mol. The number of amides is 1. The van der Waals surface area contributed by atoms with E-state index in [9.17, 15) is 4.79 Å². The molecule has 1 aromatic carbocycles. The molecule has 9 nitrogen and oxygen atoms in total. The van der Waals surface area contributed by atoms with Crippen LogP contribution in [0, 0.1) is 0 Å². The number of hydrogen-bond acceptors (Lipinski definition) is 7. The Hall–Kier alpha value is -3.20. The van der Waals surface area contributed by atoms with E-state index in [-0.39, 0.29) is 12.2 Å². The summed E-state index contributed by atoms with van der Waals surface area (Å²) in [4.78, 5) is 19.9. The minimum atomic E-state index is -0.663. The number of nitrogens with zero attached hydrogens (tertiary/aromatic N) is 5. The number of carbonyl (C=O) groups excluding carboxylic acids is 1. The predicted molar refractivity (Wildman–Crippen MR) is 77.0 cm³/mol. The molecule has 0 bridgehead atoms. The predicted octanol–water partition coefficient (Wildman–Crippen LogP) is -0.119. The lowest BCUT2D eigenvalue weighted by molar-refractivity contribution is 0.0994. The summed E-state index contributed by atoms with van der Waals surface area (Å²) < 4.78 is 0. The highest BCUT2D eigenvalue weighted by molar-refractivity contribution is 5.92. The summed E-state index contributed by atoms with van der Waals surface area (Å²) >= 11 is 0. The Kier molecular flexibility index (Phi) is 3.54. The van der Waals surface area contributed by atoms with Gasteiger partial charge in [-0.05, 0) is 11.3 Å². The lowest BCUT2D eigenvalue weighted by Crippen LogP contribution is -2.19. The minimum Gasteiger partial charge on any atom is -0.364 e. The first-order valence-electron chi connectivity index (χ1n) is 6.39. The van der Waals surface area contributed by atoms with E-state index in [0.29, 0.717) is 17.2 Å². The van der Waals surface area contributed by atoms with Crippen LogP contribution in [0.1, 0.15) is 16.2 Å². The van der Waals surface area contributed by atoms with Crippen LogP contribution >= 0.6 is 0 Å². The van der Waals surface area contributed by atoms with Gasteiger partial charge in [-0.2, -0.15) is 5.21 Å². The topological polar surface area (TPSA) is 149 Å². The van der Waals surface area contributed by atoms with Gasteiger partial charge in [-0.3, -0.25) is 9.78 Å². The fraction of sp³-hybridized carbons (Fsp3) is 0.0769. The maximum atomic E-state index is 11.4. The monoisotopic (exact) mass is 296 g/mol. The number of H-pyrrole nitrogens is 1. The van der Waals surface area contributed by atoms with Crippen molar-refractivity contribution in [1.29, 1.82) is 0 Å². The molecule has 0 aliphatic heterocycles. The van der Waals surface area contributed by atoms with Crippen LogP contribution < -0.4 is 11.5 Å². The Balaban J connectivity index is 2.06. The number of hydrogen-bond donors (Lipinski definition) is 3. The quantitative estimate of drug-likeness (QED) is 0.607. The largest absolute Gasteiger partial charge is 0.364 e. The van der Waals surface area contributed by atoms with Crippen LogP contribution in [-0.2, 0) is 6.54 Å². The van der Waals surface area contributed by atoms with Crippen LogP contribution in [0.3, 0.4) is 0 Å². The van der Waals surface area contributed by atoms with E-state index in [1.165, 1.54) is 0 Å². The molecule has 0 aliphatic carbocycles. The summed E-state index contributed by atoms with van der Waals surface area (Å²) in [6, 6.07) is 7.32. The highest BCUT2D eigenvalue weighted by Gasteiger charge is 2.13. The SMILES string of the molecule is NCc1ncc(-c2cccc(-c3nn[nH]n3)c2)nc1C(N)=O. The average Bonchev–Trinajstić information content (AvgIpc) is 3.09. The van der Waals surface area contributed by atoms with Crippen LogP contribution in [0.15, 0.2) is 30.5 Å². The van der Waals surface area contributed by atoms with Crippen molar-refractivity contribution in [2.75, 3.05) is 0 Å². The van der Waals surface area contributed by atoms with Crippen molar-refractivity contribution in [3.05, 3.63) is 41.9 Å². The Morgan fingerprint density at radius 2 is 2.09 bits per heavy atom. The zero-order valence-corrected chi connectivity index (χ0v) is 11.4. The summed E-state index contributed by atoms with van der Waals surface area (Å²) in [5, 5.41) is 13.8. The van der Waals surface area contributed by atoms with Crippen molar-refractivity contribution in [3.63, 3.8) is 0 Å². The molecule has 1 amide bonds.